The van der Waals surface area contributed by atoms with Gasteiger partial charge in [-0.15, -0.1) is 0 Å². The summed E-state index contributed by atoms with van der Waals surface area (Å²) in [6.45, 7) is 3.71. The Kier molecular flexibility index (Phi) is 5.47. The summed E-state index contributed by atoms with van der Waals surface area (Å²) in [5.74, 6) is -1.81. The number of halogens is 2. The number of carbonyl (C=O) groups is 2. The first kappa shape index (κ1) is 17.4. The largest absolute Gasteiger partial charge is 0.350 e. The molecule has 3 amide bonds. The Hall–Kier alpha value is -2.96. The molecule has 0 saturated carbocycles. The van der Waals surface area contributed by atoms with Crippen molar-refractivity contribution in [2.45, 2.75) is 19.9 Å². The molecule has 0 unspecified atom stereocenters. The molecule has 2 aromatic carbocycles. The Morgan fingerprint density at radius 1 is 0.958 bits per heavy atom. The van der Waals surface area contributed by atoms with Gasteiger partial charge in [-0.05, 0) is 50.2 Å². The molecule has 3 N–H and O–H groups in total. The van der Waals surface area contributed by atoms with Crippen molar-refractivity contribution in [2.24, 2.45) is 0 Å². The molecule has 2 rings (SSSR count). The fraction of sp³-hybridized carbons (Fsp3) is 0.176. The molecule has 0 radical (unpaired) electrons. The lowest BCUT2D eigenvalue weighted by Gasteiger charge is -2.10. The van der Waals surface area contributed by atoms with Crippen molar-refractivity contribution in [1.29, 1.82) is 0 Å². The average molecular weight is 333 g/mol. The van der Waals surface area contributed by atoms with Crippen LogP contribution in [0.5, 0.6) is 0 Å². The van der Waals surface area contributed by atoms with Crippen LogP contribution in [0.1, 0.15) is 24.2 Å². The minimum atomic E-state index is -0.870. The smallest absolute Gasteiger partial charge is 0.323 e. The first-order valence-corrected chi connectivity index (χ1v) is 7.29. The molecule has 0 heterocycles. The lowest BCUT2D eigenvalue weighted by molar-refractivity contribution is 0.0943. The fourth-order valence-corrected chi connectivity index (χ4v) is 1.93. The zero-order chi connectivity index (χ0) is 17.7. The van der Waals surface area contributed by atoms with Crippen molar-refractivity contribution in [3.63, 3.8) is 0 Å². The van der Waals surface area contributed by atoms with E-state index in [0.29, 0.717) is 17.3 Å². The van der Waals surface area contributed by atoms with E-state index in [0.717, 1.165) is 12.1 Å². The van der Waals surface area contributed by atoms with Crippen molar-refractivity contribution < 1.29 is 18.4 Å². The van der Waals surface area contributed by atoms with Gasteiger partial charge < -0.3 is 16.0 Å². The Morgan fingerprint density at radius 2 is 1.62 bits per heavy atom. The number of hydrogen-bond acceptors (Lipinski definition) is 2. The first-order valence-electron chi connectivity index (χ1n) is 7.29. The summed E-state index contributed by atoms with van der Waals surface area (Å²) in [6, 6.07) is 8.41. The summed E-state index contributed by atoms with van der Waals surface area (Å²) in [7, 11) is 0. The predicted molar refractivity (Wildman–Crippen MR) is 88.0 cm³/mol. The summed E-state index contributed by atoms with van der Waals surface area (Å²) in [5, 5.41) is 7.53. The number of urea groups is 1. The van der Waals surface area contributed by atoms with Crippen LogP contribution < -0.4 is 16.0 Å². The minimum absolute atomic E-state index is 0.0201. The molecule has 0 aliphatic carbocycles. The van der Waals surface area contributed by atoms with Crippen molar-refractivity contribution in [3.8, 4) is 0 Å². The van der Waals surface area contributed by atoms with Gasteiger partial charge in [-0.3, -0.25) is 4.79 Å². The molecule has 5 nitrogen and oxygen atoms in total. The molecule has 2 aromatic rings. The highest BCUT2D eigenvalue weighted by molar-refractivity contribution is 6.00. The number of anilines is 2. The van der Waals surface area contributed by atoms with Crippen molar-refractivity contribution in [1.82, 2.24) is 5.32 Å². The van der Waals surface area contributed by atoms with E-state index in [9.17, 15) is 18.4 Å². The summed E-state index contributed by atoms with van der Waals surface area (Å²) in [6.07, 6.45) is 0. The second kappa shape index (κ2) is 7.54. The molecule has 7 heteroatoms. The van der Waals surface area contributed by atoms with Crippen LogP contribution in [0.4, 0.5) is 25.0 Å². The van der Waals surface area contributed by atoms with Gasteiger partial charge in [-0.1, -0.05) is 0 Å². The summed E-state index contributed by atoms with van der Waals surface area (Å²) in [4.78, 5) is 23.6. The lowest BCUT2D eigenvalue weighted by atomic mass is 10.2. The SMILES string of the molecule is CC(C)NC(=O)c1ccc(NC(=O)Nc2ccc(F)cc2F)cc1. The molecular weight excluding hydrogens is 316 g/mol. The molecule has 0 spiro atoms. The molecule has 0 bridgehead atoms. The van der Waals surface area contributed by atoms with Gasteiger partial charge in [0.1, 0.15) is 11.6 Å². The topological polar surface area (TPSA) is 70.2 Å². The van der Waals surface area contributed by atoms with Gasteiger partial charge in [0.05, 0.1) is 5.69 Å². The third kappa shape index (κ3) is 4.77. The molecule has 0 aliphatic rings. The molecule has 126 valence electrons. The fourth-order valence-electron chi connectivity index (χ4n) is 1.93. The molecule has 0 fully saturated rings. The van der Waals surface area contributed by atoms with Crippen LogP contribution in [-0.2, 0) is 0 Å². The molecule has 24 heavy (non-hydrogen) atoms. The van der Waals surface area contributed by atoms with E-state index in [2.05, 4.69) is 16.0 Å². The van der Waals surface area contributed by atoms with Crippen LogP contribution in [0.2, 0.25) is 0 Å². The Morgan fingerprint density at radius 3 is 2.21 bits per heavy atom. The van der Waals surface area contributed by atoms with E-state index in [1.807, 2.05) is 13.8 Å². The highest BCUT2D eigenvalue weighted by Crippen LogP contribution is 2.16. The van der Waals surface area contributed by atoms with Gasteiger partial charge in [-0.25, -0.2) is 13.6 Å². The highest BCUT2D eigenvalue weighted by Gasteiger charge is 2.10. The monoisotopic (exact) mass is 333 g/mol. The number of amides is 3. The van der Waals surface area contributed by atoms with E-state index >= 15 is 0 Å². The summed E-state index contributed by atoms with van der Waals surface area (Å²) >= 11 is 0. The Labute approximate surface area is 138 Å². The van der Waals surface area contributed by atoms with E-state index in [1.165, 1.54) is 0 Å². The van der Waals surface area contributed by atoms with Crippen LogP contribution in [0.25, 0.3) is 0 Å². The molecule has 0 aromatic heterocycles. The van der Waals surface area contributed by atoms with Gasteiger partial charge in [-0.2, -0.15) is 0 Å². The molecule has 0 aliphatic heterocycles. The van der Waals surface area contributed by atoms with Gasteiger partial charge in [0.25, 0.3) is 5.91 Å². The second-order valence-electron chi connectivity index (χ2n) is 5.41. The third-order valence-corrected chi connectivity index (χ3v) is 3.00. The van der Waals surface area contributed by atoms with Gasteiger partial charge in [0.15, 0.2) is 0 Å². The lowest BCUT2D eigenvalue weighted by Crippen LogP contribution is -2.30. The van der Waals surface area contributed by atoms with Gasteiger partial charge >= 0.3 is 6.03 Å². The van der Waals surface area contributed by atoms with Crippen LogP contribution in [0, 0.1) is 11.6 Å². The summed E-state index contributed by atoms with van der Waals surface area (Å²) in [5.41, 5.74) is 0.747. The molecule has 0 atom stereocenters. The highest BCUT2D eigenvalue weighted by atomic mass is 19.1. The Bertz CT molecular complexity index is 746. The number of nitrogens with one attached hydrogen (secondary N) is 3. The standard InChI is InChI=1S/C17H17F2N3O2/c1-10(2)20-16(23)11-3-6-13(7-4-11)21-17(24)22-15-8-5-12(18)9-14(15)19/h3-10H,1-2H3,(H,20,23)(H2,21,22,24). The van der Waals surface area contributed by atoms with E-state index < -0.39 is 17.7 Å². The number of benzene rings is 2. The van der Waals surface area contributed by atoms with Gasteiger partial charge in [0.2, 0.25) is 0 Å². The van der Waals surface area contributed by atoms with Gasteiger partial charge in [0, 0.05) is 23.4 Å². The van der Waals surface area contributed by atoms with Crippen LogP contribution in [0.3, 0.4) is 0 Å². The number of carbonyl (C=O) groups excluding carboxylic acids is 2. The van der Waals surface area contributed by atoms with E-state index in [4.69, 9.17) is 0 Å². The second-order valence-corrected chi connectivity index (χ2v) is 5.41. The number of rotatable bonds is 4. The zero-order valence-corrected chi connectivity index (χ0v) is 13.2. The third-order valence-electron chi connectivity index (χ3n) is 3.00. The van der Waals surface area contributed by atoms with Crippen molar-refractivity contribution in [3.05, 3.63) is 59.7 Å². The van der Waals surface area contributed by atoms with E-state index in [1.54, 1.807) is 24.3 Å². The van der Waals surface area contributed by atoms with Crippen LogP contribution in [-0.4, -0.2) is 18.0 Å². The predicted octanol–water partition coefficient (Wildman–Crippen LogP) is 3.75. The maximum absolute atomic E-state index is 13.5. The van der Waals surface area contributed by atoms with Crippen LogP contribution >= 0.6 is 0 Å². The maximum Gasteiger partial charge on any atom is 0.323 e. The van der Waals surface area contributed by atoms with E-state index in [-0.39, 0.29) is 17.6 Å². The summed E-state index contributed by atoms with van der Waals surface area (Å²) < 4.78 is 26.3. The molecule has 0 saturated heterocycles. The zero-order valence-electron chi connectivity index (χ0n) is 13.2. The Balaban J connectivity index is 1.98. The minimum Gasteiger partial charge on any atom is -0.350 e. The van der Waals surface area contributed by atoms with Crippen molar-refractivity contribution in [2.75, 3.05) is 10.6 Å². The number of hydrogen-bond donors (Lipinski definition) is 3. The van der Waals surface area contributed by atoms with Crippen molar-refractivity contribution >= 4 is 23.3 Å². The normalized spacial score (nSPS) is 10.4. The molecular formula is C17H17F2N3O2. The first-order chi connectivity index (χ1) is 11.3. The average Bonchev–Trinajstić information content (AvgIpc) is 2.50. The van der Waals surface area contributed by atoms with Crippen LogP contribution in [0.15, 0.2) is 42.5 Å². The quantitative estimate of drug-likeness (QED) is 0.797. The maximum atomic E-state index is 13.5.